The Morgan fingerprint density at radius 3 is 2.06 bits per heavy atom. The highest BCUT2D eigenvalue weighted by Gasteiger charge is 2.35. The number of rotatable bonds is 7. The lowest BCUT2D eigenvalue weighted by atomic mass is 10.1. The molecular weight excluding hydrogens is 480 g/mol. The molecule has 2 aliphatic heterocycles. The molecule has 0 radical (unpaired) electrons. The molecule has 2 aliphatic rings. The fraction of sp³-hybridized carbons (Fsp3) is 0.423. The lowest BCUT2D eigenvalue weighted by Crippen LogP contribution is -2.35. The van der Waals surface area contributed by atoms with E-state index in [0.717, 1.165) is 19.3 Å². The maximum absolute atomic E-state index is 12.8. The van der Waals surface area contributed by atoms with Crippen LogP contribution in [0.4, 0.5) is 11.4 Å². The Balaban J connectivity index is 1.33. The number of piperidine rings is 1. The van der Waals surface area contributed by atoms with E-state index >= 15 is 0 Å². The third kappa shape index (κ3) is 5.76. The molecule has 1 unspecified atom stereocenters. The number of carbonyl (C=O) groups excluding carboxylic acids is 3. The van der Waals surface area contributed by atoms with Crippen molar-refractivity contribution in [1.82, 2.24) is 9.21 Å². The van der Waals surface area contributed by atoms with Gasteiger partial charge < -0.3 is 15.5 Å². The lowest BCUT2D eigenvalue weighted by Gasteiger charge is -2.25. The van der Waals surface area contributed by atoms with E-state index in [9.17, 15) is 22.8 Å². The van der Waals surface area contributed by atoms with E-state index in [0.29, 0.717) is 36.6 Å². The molecule has 9 nitrogen and oxygen atoms in total. The first kappa shape index (κ1) is 25.8. The minimum Gasteiger partial charge on any atom is -0.339 e. The highest BCUT2D eigenvalue weighted by molar-refractivity contribution is 7.89. The number of hydrogen-bond acceptors (Lipinski definition) is 5. The van der Waals surface area contributed by atoms with Gasteiger partial charge in [0, 0.05) is 49.0 Å². The second-order valence-corrected chi connectivity index (χ2v) is 11.5. The van der Waals surface area contributed by atoms with Gasteiger partial charge in [0.25, 0.3) is 5.91 Å². The summed E-state index contributed by atoms with van der Waals surface area (Å²) in [5.41, 5.74) is 1.41. The number of hydrogen-bond donors (Lipinski definition) is 2. The van der Waals surface area contributed by atoms with Crippen molar-refractivity contribution in [1.29, 1.82) is 0 Å². The topological polar surface area (TPSA) is 116 Å². The van der Waals surface area contributed by atoms with Gasteiger partial charge in [-0.05, 0) is 75.2 Å². The van der Waals surface area contributed by atoms with Gasteiger partial charge in [0.1, 0.15) is 0 Å². The Hall–Kier alpha value is -3.24. The Morgan fingerprint density at radius 1 is 0.889 bits per heavy atom. The van der Waals surface area contributed by atoms with E-state index in [2.05, 4.69) is 10.6 Å². The fourth-order valence-electron chi connectivity index (χ4n) is 4.52. The molecule has 4 rings (SSSR count). The molecule has 0 bridgehead atoms. The van der Waals surface area contributed by atoms with Gasteiger partial charge in [0.15, 0.2) is 0 Å². The van der Waals surface area contributed by atoms with Gasteiger partial charge in [0.05, 0.1) is 10.8 Å². The molecule has 36 heavy (non-hydrogen) atoms. The van der Waals surface area contributed by atoms with Crippen LogP contribution in [0, 0.1) is 5.92 Å². The summed E-state index contributed by atoms with van der Waals surface area (Å²) in [7, 11) is -3.53. The quantitative estimate of drug-likeness (QED) is 0.591. The molecule has 1 atom stereocenters. The third-order valence-corrected chi connectivity index (χ3v) is 8.55. The highest BCUT2D eigenvalue weighted by Crippen LogP contribution is 2.24. The van der Waals surface area contributed by atoms with Crippen molar-refractivity contribution in [3.63, 3.8) is 0 Å². The first-order valence-corrected chi connectivity index (χ1v) is 13.7. The summed E-state index contributed by atoms with van der Waals surface area (Å²) in [5.74, 6) is -0.990. The molecule has 3 amide bonds. The van der Waals surface area contributed by atoms with Crippen molar-refractivity contribution in [2.75, 3.05) is 30.3 Å². The van der Waals surface area contributed by atoms with Crippen LogP contribution < -0.4 is 10.6 Å². The second-order valence-electron chi connectivity index (χ2n) is 9.55. The first-order valence-electron chi connectivity index (χ1n) is 12.3. The summed E-state index contributed by atoms with van der Waals surface area (Å²) in [6, 6.07) is 12.7. The Kier molecular flexibility index (Phi) is 7.75. The number of sulfonamides is 1. The zero-order valence-electron chi connectivity index (χ0n) is 20.6. The van der Waals surface area contributed by atoms with Crippen LogP contribution in [-0.4, -0.2) is 61.0 Å². The molecular formula is C26H32N4O5S. The van der Waals surface area contributed by atoms with E-state index in [4.69, 9.17) is 0 Å². The van der Waals surface area contributed by atoms with Gasteiger partial charge in [-0.2, -0.15) is 4.31 Å². The summed E-state index contributed by atoms with van der Waals surface area (Å²) >= 11 is 0. The average molecular weight is 513 g/mol. The number of amides is 3. The predicted octanol–water partition coefficient (Wildman–Crippen LogP) is 3.31. The average Bonchev–Trinajstić information content (AvgIpc) is 3.27. The van der Waals surface area contributed by atoms with Crippen LogP contribution in [0.1, 0.15) is 49.9 Å². The maximum Gasteiger partial charge on any atom is 0.255 e. The van der Waals surface area contributed by atoms with Crippen molar-refractivity contribution >= 4 is 39.1 Å². The van der Waals surface area contributed by atoms with Crippen molar-refractivity contribution in [3.05, 3.63) is 54.1 Å². The van der Waals surface area contributed by atoms with E-state index < -0.39 is 15.9 Å². The fourth-order valence-corrected chi connectivity index (χ4v) is 6.04. The number of benzene rings is 2. The molecule has 2 aromatic carbocycles. The second kappa shape index (κ2) is 10.8. The summed E-state index contributed by atoms with van der Waals surface area (Å²) in [6.45, 7) is 5.32. The predicted molar refractivity (Wildman–Crippen MR) is 137 cm³/mol. The van der Waals surface area contributed by atoms with Crippen LogP contribution in [-0.2, 0) is 19.6 Å². The number of anilines is 2. The molecule has 10 heteroatoms. The molecule has 0 spiro atoms. The Morgan fingerprint density at radius 2 is 1.47 bits per heavy atom. The van der Waals surface area contributed by atoms with Crippen molar-refractivity contribution < 1.29 is 22.8 Å². The van der Waals surface area contributed by atoms with Gasteiger partial charge in [-0.1, -0.05) is 6.42 Å². The Labute approximate surface area is 211 Å². The standard InChI is InChI=1S/C26H32N4O5S/c1-18(2)30-17-20(16-24(30)31)26(33)28-21-8-6-19(7-9-21)25(32)27-22-10-12-23(13-11-22)36(34,35)29-14-4-3-5-15-29/h6-13,18,20H,3-5,14-17H2,1-2H3,(H,27,32)(H,28,33). The molecule has 0 saturated carbocycles. The largest absolute Gasteiger partial charge is 0.339 e. The molecule has 2 aromatic rings. The van der Waals surface area contributed by atoms with Crippen LogP contribution in [0.2, 0.25) is 0 Å². The van der Waals surface area contributed by atoms with Gasteiger partial charge in [-0.15, -0.1) is 0 Å². The van der Waals surface area contributed by atoms with Gasteiger partial charge >= 0.3 is 0 Å². The molecule has 192 valence electrons. The molecule has 2 fully saturated rings. The minimum atomic E-state index is -3.53. The monoisotopic (exact) mass is 512 g/mol. The van der Waals surface area contributed by atoms with Crippen LogP contribution in [0.3, 0.4) is 0 Å². The van der Waals surface area contributed by atoms with Crippen LogP contribution >= 0.6 is 0 Å². The minimum absolute atomic E-state index is 0.0192. The number of likely N-dealkylation sites (tertiary alicyclic amines) is 1. The summed E-state index contributed by atoms with van der Waals surface area (Å²) in [6.07, 6.45) is 2.98. The number of nitrogens with one attached hydrogen (secondary N) is 2. The summed E-state index contributed by atoms with van der Waals surface area (Å²) < 4.78 is 27.1. The maximum atomic E-state index is 12.8. The number of nitrogens with zero attached hydrogens (tertiary/aromatic N) is 2. The molecule has 2 saturated heterocycles. The highest BCUT2D eigenvalue weighted by atomic mass is 32.2. The molecule has 0 aromatic heterocycles. The Bertz CT molecular complexity index is 1220. The zero-order valence-corrected chi connectivity index (χ0v) is 21.4. The van der Waals surface area contributed by atoms with Crippen LogP contribution in [0.25, 0.3) is 0 Å². The molecule has 0 aliphatic carbocycles. The van der Waals surface area contributed by atoms with Crippen molar-refractivity contribution in [3.8, 4) is 0 Å². The molecule has 2 heterocycles. The smallest absolute Gasteiger partial charge is 0.255 e. The SMILES string of the molecule is CC(C)N1CC(C(=O)Nc2ccc(C(=O)Nc3ccc(S(=O)(=O)N4CCCCC4)cc3)cc2)CC1=O. The van der Waals surface area contributed by atoms with Crippen LogP contribution in [0.5, 0.6) is 0 Å². The molecule has 2 N–H and O–H groups in total. The van der Waals surface area contributed by atoms with Crippen molar-refractivity contribution in [2.24, 2.45) is 5.92 Å². The van der Waals surface area contributed by atoms with Gasteiger partial charge in [-0.25, -0.2) is 8.42 Å². The summed E-state index contributed by atoms with van der Waals surface area (Å²) in [4.78, 5) is 39.2. The van der Waals surface area contributed by atoms with E-state index in [1.54, 1.807) is 41.3 Å². The van der Waals surface area contributed by atoms with Gasteiger partial charge in [-0.3, -0.25) is 14.4 Å². The van der Waals surface area contributed by atoms with E-state index in [-0.39, 0.29) is 35.1 Å². The third-order valence-electron chi connectivity index (χ3n) is 6.63. The van der Waals surface area contributed by atoms with Gasteiger partial charge in [0.2, 0.25) is 21.8 Å². The van der Waals surface area contributed by atoms with Crippen molar-refractivity contribution in [2.45, 2.75) is 50.5 Å². The number of carbonyl (C=O) groups is 3. The van der Waals surface area contributed by atoms with Crippen LogP contribution in [0.15, 0.2) is 53.4 Å². The lowest BCUT2D eigenvalue weighted by molar-refractivity contribution is -0.129. The zero-order chi connectivity index (χ0) is 25.9. The normalized spacial score (nSPS) is 18.9. The van der Waals surface area contributed by atoms with E-state index in [1.165, 1.54) is 16.4 Å². The summed E-state index contributed by atoms with van der Waals surface area (Å²) in [5, 5.41) is 5.58. The first-order chi connectivity index (χ1) is 17.1. The van der Waals surface area contributed by atoms with E-state index in [1.807, 2.05) is 13.8 Å².